The molecule has 2 aromatic carbocycles. The Bertz CT molecular complexity index is 1100. The molecule has 0 N–H and O–H groups in total. The van der Waals surface area contributed by atoms with Crippen molar-refractivity contribution >= 4 is 11.9 Å². The number of nitrogens with zero attached hydrogens (tertiary/aromatic N) is 2. The van der Waals surface area contributed by atoms with Crippen molar-refractivity contribution in [1.82, 2.24) is 9.88 Å². The fourth-order valence-corrected chi connectivity index (χ4v) is 3.30. The first kappa shape index (κ1) is 21.5. The molecule has 0 bridgehead atoms. The summed E-state index contributed by atoms with van der Waals surface area (Å²) in [6.07, 6.45) is 3.63. The summed E-state index contributed by atoms with van der Waals surface area (Å²) in [6.45, 7) is 1.05. The molecule has 6 nitrogen and oxygen atoms in total. The largest absolute Gasteiger partial charge is 0.465 e. The summed E-state index contributed by atoms with van der Waals surface area (Å²) in [5, 5.41) is 0. The number of amides is 1. The van der Waals surface area contributed by atoms with Crippen molar-refractivity contribution in [2.75, 3.05) is 13.7 Å². The van der Waals surface area contributed by atoms with Gasteiger partial charge in [0.25, 0.3) is 5.91 Å². The molecule has 0 atom stereocenters. The summed E-state index contributed by atoms with van der Waals surface area (Å²) in [4.78, 5) is 30.8. The second-order valence-corrected chi connectivity index (χ2v) is 7.73. The number of aromatic nitrogens is 1. The number of methoxy groups -OCH3 is 1. The highest BCUT2D eigenvalue weighted by molar-refractivity contribution is 5.92. The molecule has 3 aromatic rings. The van der Waals surface area contributed by atoms with Gasteiger partial charge in [-0.1, -0.05) is 24.3 Å². The van der Waals surface area contributed by atoms with Crippen LogP contribution in [0.25, 0.3) is 0 Å². The van der Waals surface area contributed by atoms with Gasteiger partial charge in [-0.25, -0.2) is 14.2 Å². The molecule has 1 fully saturated rings. The lowest BCUT2D eigenvalue weighted by Crippen LogP contribution is -2.33. The Morgan fingerprint density at radius 1 is 1.06 bits per heavy atom. The Labute approximate surface area is 185 Å². The van der Waals surface area contributed by atoms with E-state index in [1.165, 1.54) is 25.4 Å². The predicted octanol–water partition coefficient (Wildman–Crippen LogP) is 4.85. The second kappa shape index (κ2) is 9.60. The molecule has 1 heterocycles. The van der Waals surface area contributed by atoms with Crippen LogP contribution in [0.2, 0.25) is 0 Å². The van der Waals surface area contributed by atoms with Crippen molar-refractivity contribution in [2.45, 2.75) is 19.4 Å². The molecular weight excluding hydrogens is 411 g/mol. The molecule has 0 unspecified atom stereocenters. The number of halogens is 1. The van der Waals surface area contributed by atoms with Crippen LogP contribution in [0.1, 0.15) is 39.3 Å². The molecule has 1 amide bonds. The van der Waals surface area contributed by atoms with E-state index < -0.39 is 11.8 Å². The standard InChI is InChI=1S/C25H23FN2O4/c1-31-25(30)19-10-8-18(9-11-19)16-28(15-17-6-7-17)24(29)22-13-12-20(14-27-22)32-23-5-3-2-4-21(23)26/h2-5,8-14,17H,6-7,15-16H2,1H3. The number of carbonyl (C=O) groups is 2. The van der Waals surface area contributed by atoms with Gasteiger partial charge in [-0.2, -0.15) is 0 Å². The van der Waals surface area contributed by atoms with Crippen LogP contribution in [0, 0.1) is 11.7 Å². The van der Waals surface area contributed by atoms with E-state index in [1.807, 2.05) is 12.1 Å². The van der Waals surface area contributed by atoms with Gasteiger partial charge in [0.05, 0.1) is 18.9 Å². The Kier molecular flexibility index (Phi) is 6.44. The number of esters is 1. The Morgan fingerprint density at radius 2 is 1.81 bits per heavy atom. The number of hydrogen-bond acceptors (Lipinski definition) is 5. The fraction of sp³-hybridized carbons (Fsp3) is 0.240. The first-order chi connectivity index (χ1) is 15.5. The first-order valence-electron chi connectivity index (χ1n) is 10.4. The lowest BCUT2D eigenvalue weighted by Gasteiger charge is -2.22. The number of carbonyl (C=O) groups excluding carboxylic acids is 2. The minimum Gasteiger partial charge on any atom is -0.465 e. The van der Waals surface area contributed by atoms with Crippen molar-refractivity contribution in [3.05, 3.63) is 89.5 Å². The topological polar surface area (TPSA) is 68.7 Å². The summed E-state index contributed by atoms with van der Waals surface area (Å²) < 4.78 is 24.0. The normalized spacial score (nSPS) is 12.8. The number of para-hydroxylation sites is 1. The van der Waals surface area contributed by atoms with Crippen molar-refractivity contribution in [3.8, 4) is 11.5 Å². The second-order valence-electron chi connectivity index (χ2n) is 7.73. The molecule has 1 aliphatic rings. The number of hydrogen-bond donors (Lipinski definition) is 0. The summed E-state index contributed by atoms with van der Waals surface area (Å²) in [6, 6.07) is 16.3. The van der Waals surface area contributed by atoms with Crippen LogP contribution >= 0.6 is 0 Å². The van der Waals surface area contributed by atoms with Crippen LogP contribution in [-0.2, 0) is 11.3 Å². The van der Waals surface area contributed by atoms with Gasteiger partial charge in [-0.3, -0.25) is 4.79 Å². The van der Waals surface area contributed by atoms with Gasteiger partial charge in [0.1, 0.15) is 11.4 Å². The van der Waals surface area contributed by atoms with Crippen LogP contribution in [0.15, 0.2) is 66.9 Å². The summed E-state index contributed by atoms with van der Waals surface area (Å²) in [5.41, 5.74) is 1.66. The molecule has 164 valence electrons. The summed E-state index contributed by atoms with van der Waals surface area (Å²) in [5.74, 6) is -0.118. The Morgan fingerprint density at radius 3 is 2.44 bits per heavy atom. The Hall–Kier alpha value is -3.74. The first-order valence-corrected chi connectivity index (χ1v) is 10.4. The molecule has 1 aromatic heterocycles. The Balaban J connectivity index is 1.46. The lowest BCUT2D eigenvalue weighted by molar-refractivity contribution is 0.0600. The highest BCUT2D eigenvalue weighted by Crippen LogP contribution is 2.31. The van der Waals surface area contributed by atoms with Crippen LogP contribution < -0.4 is 4.74 Å². The van der Waals surface area contributed by atoms with Crippen molar-refractivity contribution in [2.24, 2.45) is 5.92 Å². The molecule has 0 saturated heterocycles. The number of pyridine rings is 1. The maximum Gasteiger partial charge on any atom is 0.337 e. The average molecular weight is 434 g/mol. The highest BCUT2D eigenvalue weighted by Gasteiger charge is 2.28. The predicted molar refractivity (Wildman–Crippen MR) is 116 cm³/mol. The number of benzene rings is 2. The SMILES string of the molecule is COC(=O)c1ccc(CN(CC2CC2)C(=O)c2ccc(Oc3ccccc3F)cn2)cc1. The van der Waals surface area contributed by atoms with Crippen molar-refractivity contribution in [1.29, 1.82) is 0 Å². The van der Waals surface area contributed by atoms with E-state index in [2.05, 4.69) is 4.98 Å². The molecule has 0 spiro atoms. The van der Waals surface area contributed by atoms with Gasteiger partial charge in [-0.05, 0) is 60.7 Å². The van der Waals surface area contributed by atoms with Gasteiger partial charge < -0.3 is 14.4 Å². The third-order valence-electron chi connectivity index (χ3n) is 5.23. The maximum absolute atomic E-state index is 13.8. The molecule has 7 heteroatoms. The average Bonchev–Trinajstić information content (AvgIpc) is 3.64. The third kappa shape index (κ3) is 5.29. The van der Waals surface area contributed by atoms with Crippen LogP contribution in [0.3, 0.4) is 0 Å². The zero-order chi connectivity index (χ0) is 22.5. The van der Waals surface area contributed by atoms with E-state index >= 15 is 0 Å². The minimum atomic E-state index is -0.471. The molecule has 1 saturated carbocycles. The highest BCUT2D eigenvalue weighted by atomic mass is 19.1. The summed E-state index contributed by atoms with van der Waals surface area (Å²) in [7, 11) is 1.34. The molecule has 32 heavy (non-hydrogen) atoms. The van der Waals surface area contributed by atoms with Crippen molar-refractivity contribution in [3.63, 3.8) is 0 Å². The van der Waals surface area contributed by atoms with E-state index in [0.717, 1.165) is 18.4 Å². The van der Waals surface area contributed by atoms with Gasteiger partial charge >= 0.3 is 5.97 Å². The number of rotatable bonds is 8. The van der Waals surface area contributed by atoms with Crippen LogP contribution in [0.4, 0.5) is 4.39 Å². The van der Waals surface area contributed by atoms with Crippen LogP contribution in [-0.4, -0.2) is 35.4 Å². The number of ether oxygens (including phenoxy) is 2. The zero-order valence-corrected chi connectivity index (χ0v) is 17.7. The quantitative estimate of drug-likeness (QED) is 0.474. The lowest BCUT2D eigenvalue weighted by atomic mass is 10.1. The van der Waals surface area contributed by atoms with E-state index in [4.69, 9.17) is 9.47 Å². The molecule has 0 aliphatic heterocycles. The molecular formula is C25H23FN2O4. The van der Waals surface area contributed by atoms with Gasteiger partial charge in [0.2, 0.25) is 0 Å². The van der Waals surface area contributed by atoms with E-state index in [0.29, 0.717) is 30.3 Å². The van der Waals surface area contributed by atoms with E-state index in [9.17, 15) is 14.0 Å². The van der Waals surface area contributed by atoms with E-state index in [1.54, 1.807) is 41.3 Å². The monoisotopic (exact) mass is 434 g/mol. The summed E-state index contributed by atoms with van der Waals surface area (Å²) >= 11 is 0. The van der Waals surface area contributed by atoms with Gasteiger partial charge in [-0.15, -0.1) is 0 Å². The van der Waals surface area contributed by atoms with Gasteiger partial charge in [0, 0.05) is 13.1 Å². The maximum atomic E-state index is 13.8. The van der Waals surface area contributed by atoms with Gasteiger partial charge in [0.15, 0.2) is 11.6 Å². The molecule has 1 aliphatic carbocycles. The zero-order valence-electron chi connectivity index (χ0n) is 17.7. The van der Waals surface area contributed by atoms with Crippen molar-refractivity contribution < 1.29 is 23.5 Å². The minimum absolute atomic E-state index is 0.0964. The fourth-order valence-electron chi connectivity index (χ4n) is 3.30. The molecule has 4 rings (SSSR count). The van der Waals surface area contributed by atoms with Crippen LogP contribution in [0.5, 0.6) is 11.5 Å². The molecule has 0 radical (unpaired) electrons. The van der Waals surface area contributed by atoms with E-state index in [-0.39, 0.29) is 17.4 Å². The smallest absolute Gasteiger partial charge is 0.337 e. The third-order valence-corrected chi connectivity index (χ3v) is 5.23.